The van der Waals surface area contributed by atoms with Gasteiger partial charge in [-0.25, -0.2) is 13.8 Å². The van der Waals surface area contributed by atoms with Crippen LogP contribution in [0.1, 0.15) is 22.8 Å². The molecule has 2 aromatic carbocycles. The Bertz CT molecular complexity index is 1220. The number of pyridine rings is 1. The van der Waals surface area contributed by atoms with Crippen LogP contribution in [0, 0.1) is 5.82 Å². The van der Waals surface area contributed by atoms with Crippen LogP contribution in [0.15, 0.2) is 60.9 Å². The number of aromatic amines is 1. The summed E-state index contributed by atoms with van der Waals surface area (Å²) in [4.78, 5) is 7.45. The lowest BCUT2D eigenvalue weighted by atomic mass is 10.00. The van der Waals surface area contributed by atoms with Crippen molar-refractivity contribution in [2.24, 2.45) is 0 Å². The number of H-pyrrole nitrogens is 1. The van der Waals surface area contributed by atoms with Gasteiger partial charge in [0, 0.05) is 46.6 Å². The van der Waals surface area contributed by atoms with E-state index in [1.165, 1.54) is 6.07 Å². The molecule has 0 bridgehead atoms. The minimum absolute atomic E-state index is 0.0485. The minimum Gasteiger partial charge on any atom is -0.487 e. The number of rotatable bonds is 9. The molecule has 2 heterocycles. The maximum atomic E-state index is 14.2. The molecule has 1 N–H and O–H groups in total. The number of halogens is 3. The number of hydrogen-bond acceptors (Lipinski definition) is 4. The molecule has 1 atom stereocenters. The fraction of sp³-hybridized carbons (Fsp3) is 0.208. The molecule has 0 radical (unpaired) electrons. The molecule has 0 aliphatic heterocycles. The summed E-state index contributed by atoms with van der Waals surface area (Å²) in [5, 5.41) is 1.20. The summed E-state index contributed by atoms with van der Waals surface area (Å²) < 4.78 is 44.6. The second kappa shape index (κ2) is 9.97. The van der Waals surface area contributed by atoms with E-state index >= 15 is 0 Å². The average Bonchev–Trinajstić information content (AvgIpc) is 3.22. The molecule has 0 amide bonds. The van der Waals surface area contributed by atoms with Crippen molar-refractivity contribution in [1.29, 1.82) is 0 Å². The van der Waals surface area contributed by atoms with Crippen molar-refractivity contribution in [2.75, 3.05) is 20.4 Å². The third-order valence-electron chi connectivity index (χ3n) is 5.01. The van der Waals surface area contributed by atoms with E-state index in [4.69, 9.17) is 25.8 Å². The minimum atomic E-state index is -0.672. The quantitative estimate of drug-likeness (QED) is 0.333. The molecule has 5 nitrogen and oxygen atoms in total. The van der Waals surface area contributed by atoms with Crippen molar-refractivity contribution in [1.82, 2.24) is 9.97 Å². The molecule has 0 fully saturated rings. The lowest BCUT2D eigenvalue weighted by Crippen LogP contribution is -2.10. The molecule has 2 aromatic heterocycles. The number of nitrogens with zero attached hydrogens (tertiary/aromatic N) is 1. The molecular weight excluding hydrogens is 438 g/mol. The number of alkyl halides is 1. The first-order chi connectivity index (χ1) is 15.6. The Kier molecular flexibility index (Phi) is 6.87. The van der Waals surface area contributed by atoms with E-state index in [0.29, 0.717) is 27.6 Å². The molecule has 0 spiro atoms. The van der Waals surface area contributed by atoms with Crippen molar-refractivity contribution < 1.29 is 23.0 Å². The molecule has 0 aliphatic rings. The van der Waals surface area contributed by atoms with Gasteiger partial charge in [-0.2, -0.15) is 0 Å². The Morgan fingerprint density at radius 1 is 1.09 bits per heavy atom. The summed E-state index contributed by atoms with van der Waals surface area (Å²) in [7, 11) is 1.58. The smallest absolute Gasteiger partial charge is 0.167 e. The van der Waals surface area contributed by atoms with Crippen molar-refractivity contribution in [2.45, 2.75) is 12.7 Å². The lowest BCUT2D eigenvalue weighted by molar-refractivity contribution is 0.132. The lowest BCUT2D eigenvalue weighted by Gasteiger charge is -2.21. The largest absolute Gasteiger partial charge is 0.487 e. The number of aromatic nitrogens is 2. The molecule has 32 heavy (non-hydrogen) atoms. The number of ether oxygens (including phenoxy) is 3. The maximum Gasteiger partial charge on any atom is 0.167 e. The number of fused-ring (bicyclic) bond motifs is 1. The fourth-order valence-corrected chi connectivity index (χ4v) is 3.72. The summed E-state index contributed by atoms with van der Waals surface area (Å²) in [6.07, 6.45) is 2.99. The molecule has 4 rings (SSSR count). The van der Waals surface area contributed by atoms with Crippen molar-refractivity contribution in [3.8, 4) is 11.5 Å². The standard InChI is InChI=1S/C24H21ClF2N2O3/c1-30-22(19-13-29-24-17(19)5-3-10-28-24)18-4-2-6-21(23(18)31-11-9-26)32-14-15-7-8-16(25)12-20(15)27/h2-8,10,12-13,22H,9,11,14H2,1H3,(H,28,29). The van der Waals surface area contributed by atoms with Gasteiger partial charge < -0.3 is 19.2 Å². The highest BCUT2D eigenvalue weighted by Gasteiger charge is 2.24. The third-order valence-corrected chi connectivity index (χ3v) is 5.25. The van der Waals surface area contributed by atoms with Gasteiger partial charge >= 0.3 is 0 Å². The van der Waals surface area contributed by atoms with Gasteiger partial charge in [-0.1, -0.05) is 29.8 Å². The number of nitrogens with one attached hydrogen (secondary N) is 1. The predicted molar refractivity (Wildman–Crippen MR) is 119 cm³/mol. The average molecular weight is 459 g/mol. The van der Waals surface area contributed by atoms with E-state index in [-0.39, 0.29) is 13.2 Å². The SMILES string of the molecule is COC(c1cccc(OCc2ccc(Cl)cc2F)c1OCCF)c1c[nH]c2ncccc12. The van der Waals surface area contributed by atoms with Crippen molar-refractivity contribution >= 4 is 22.6 Å². The molecule has 1 unspecified atom stereocenters. The second-order valence-electron chi connectivity index (χ2n) is 7.00. The molecule has 0 saturated heterocycles. The van der Waals surface area contributed by atoms with Crippen LogP contribution in [0.4, 0.5) is 8.78 Å². The van der Waals surface area contributed by atoms with Gasteiger partial charge in [0.05, 0.1) is 0 Å². The summed E-state index contributed by atoms with van der Waals surface area (Å²) in [6.45, 7) is -0.879. The predicted octanol–water partition coefficient (Wildman–Crippen LogP) is 6.02. The van der Waals surface area contributed by atoms with Gasteiger partial charge in [-0.15, -0.1) is 0 Å². The van der Waals surface area contributed by atoms with Gasteiger partial charge in [0.15, 0.2) is 11.5 Å². The van der Waals surface area contributed by atoms with E-state index < -0.39 is 18.6 Å². The second-order valence-corrected chi connectivity index (χ2v) is 7.43. The van der Waals surface area contributed by atoms with Crippen LogP contribution in [0.5, 0.6) is 11.5 Å². The fourth-order valence-electron chi connectivity index (χ4n) is 3.56. The van der Waals surface area contributed by atoms with Crippen LogP contribution in [0.2, 0.25) is 5.02 Å². The highest BCUT2D eigenvalue weighted by atomic mass is 35.5. The number of hydrogen-bond donors (Lipinski definition) is 1. The monoisotopic (exact) mass is 458 g/mol. The normalized spacial score (nSPS) is 12.1. The maximum absolute atomic E-state index is 14.2. The Morgan fingerprint density at radius 3 is 2.75 bits per heavy atom. The first kappa shape index (κ1) is 22.0. The van der Waals surface area contributed by atoms with Crippen molar-refractivity contribution in [3.63, 3.8) is 0 Å². The van der Waals surface area contributed by atoms with Crippen LogP contribution >= 0.6 is 11.6 Å². The van der Waals surface area contributed by atoms with E-state index in [9.17, 15) is 8.78 Å². The van der Waals surface area contributed by atoms with Crippen molar-refractivity contribution in [3.05, 3.63) is 88.5 Å². The summed E-state index contributed by atoms with van der Waals surface area (Å²) in [5.74, 6) is 0.218. The Morgan fingerprint density at radius 2 is 1.97 bits per heavy atom. The zero-order chi connectivity index (χ0) is 22.5. The van der Waals surface area contributed by atoms with Crippen LogP contribution in [0.25, 0.3) is 11.0 Å². The Balaban J connectivity index is 1.71. The highest BCUT2D eigenvalue weighted by molar-refractivity contribution is 6.30. The first-order valence-corrected chi connectivity index (χ1v) is 10.3. The highest BCUT2D eigenvalue weighted by Crippen LogP contribution is 2.41. The molecule has 0 saturated carbocycles. The van der Waals surface area contributed by atoms with E-state index in [2.05, 4.69) is 9.97 Å². The topological polar surface area (TPSA) is 56.4 Å². The van der Waals surface area contributed by atoms with Crippen LogP contribution in [0.3, 0.4) is 0 Å². The van der Waals surface area contributed by atoms with Gasteiger partial charge in [-0.05, 0) is 30.3 Å². The summed E-state index contributed by atoms with van der Waals surface area (Å²) in [5.41, 5.74) is 2.56. The summed E-state index contributed by atoms with van der Waals surface area (Å²) in [6, 6.07) is 13.4. The molecule has 8 heteroatoms. The zero-order valence-electron chi connectivity index (χ0n) is 17.3. The van der Waals surface area contributed by atoms with Gasteiger partial charge in [0.25, 0.3) is 0 Å². The van der Waals surface area contributed by atoms with Gasteiger partial charge in [0.2, 0.25) is 0 Å². The first-order valence-electron chi connectivity index (χ1n) is 9.95. The van der Waals surface area contributed by atoms with Crippen LogP contribution in [-0.2, 0) is 11.3 Å². The molecule has 0 aliphatic carbocycles. The zero-order valence-corrected chi connectivity index (χ0v) is 18.0. The Labute approximate surface area is 188 Å². The number of benzene rings is 2. The summed E-state index contributed by atoms with van der Waals surface area (Å²) >= 11 is 5.82. The molecule has 4 aromatic rings. The number of methoxy groups -OCH3 is 1. The van der Waals surface area contributed by atoms with E-state index in [1.54, 1.807) is 37.6 Å². The van der Waals surface area contributed by atoms with E-state index in [1.807, 2.05) is 24.4 Å². The Hall–Kier alpha value is -3.16. The molecular formula is C24H21ClF2N2O3. The van der Waals surface area contributed by atoms with Gasteiger partial charge in [0.1, 0.15) is 37.5 Å². The van der Waals surface area contributed by atoms with Crippen LogP contribution in [-0.4, -0.2) is 30.4 Å². The third kappa shape index (κ3) is 4.54. The van der Waals surface area contributed by atoms with E-state index in [0.717, 1.165) is 16.6 Å². The number of para-hydroxylation sites is 1. The van der Waals surface area contributed by atoms with Gasteiger partial charge in [-0.3, -0.25) is 0 Å². The molecule has 166 valence electrons. The van der Waals surface area contributed by atoms with Crippen LogP contribution < -0.4 is 9.47 Å².